The molecule has 1 aromatic rings. The van der Waals surface area contributed by atoms with E-state index in [9.17, 15) is 4.79 Å². The molecule has 84 valence electrons. The fourth-order valence-electron chi connectivity index (χ4n) is 0.611. The number of carboxylic acids is 1. The van der Waals surface area contributed by atoms with Gasteiger partial charge in [0, 0.05) is 5.75 Å². The van der Waals surface area contributed by atoms with Gasteiger partial charge in [-0.05, 0) is 13.2 Å². The van der Waals surface area contributed by atoms with Gasteiger partial charge in [0.2, 0.25) is 0 Å². The van der Waals surface area contributed by atoms with Crippen LogP contribution in [0, 0.1) is 0 Å². The predicted molar refractivity (Wildman–Crippen MR) is 62.6 cm³/mol. The van der Waals surface area contributed by atoms with Crippen molar-refractivity contribution in [2.45, 2.75) is 21.1 Å². The van der Waals surface area contributed by atoms with Crippen molar-refractivity contribution in [1.82, 2.24) is 10.2 Å². The third-order valence-electron chi connectivity index (χ3n) is 1.55. The third kappa shape index (κ3) is 3.63. The number of hydrogen-bond acceptors (Lipinski definition) is 7. The van der Waals surface area contributed by atoms with Crippen molar-refractivity contribution in [3.05, 3.63) is 0 Å². The van der Waals surface area contributed by atoms with E-state index in [-0.39, 0.29) is 5.75 Å². The molecule has 5 nitrogen and oxygen atoms in total. The van der Waals surface area contributed by atoms with Crippen LogP contribution in [0.3, 0.4) is 0 Å². The van der Waals surface area contributed by atoms with E-state index in [0.717, 1.165) is 8.68 Å². The van der Waals surface area contributed by atoms with Crippen LogP contribution in [0.2, 0.25) is 0 Å². The topological polar surface area (TPSA) is 89.1 Å². The summed E-state index contributed by atoms with van der Waals surface area (Å²) in [4.78, 5) is 10.7. The van der Waals surface area contributed by atoms with E-state index in [1.807, 2.05) is 6.26 Å². The largest absolute Gasteiger partial charge is 0.480 e. The van der Waals surface area contributed by atoms with Gasteiger partial charge in [-0.1, -0.05) is 34.9 Å². The van der Waals surface area contributed by atoms with E-state index in [1.54, 1.807) is 0 Å². The maximum absolute atomic E-state index is 10.7. The molecule has 1 heterocycles. The van der Waals surface area contributed by atoms with Crippen LogP contribution >= 0.6 is 34.9 Å². The van der Waals surface area contributed by atoms with Crippen molar-refractivity contribution in [1.29, 1.82) is 0 Å². The summed E-state index contributed by atoms with van der Waals surface area (Å²) in [6, 6.07) is 0. The average molecular weight is 265 g/mol. The van der Waals surface area contributed by atoms with Crippen LogP contribution in [0.15, 0.2) is 8.68 Å². The Bertz CT molecular complexity index is 353. The van der Waals surface area contributed by atoms with Crippen molar-refractivity contribution >= 4 is 40.8 Å². The molecule has 0 aromatic carbocycles. The van der Waals surface area contributed by atoms with Crippen LogP contribution in [0.5, 0.6) is 0 Å². The summed E-state index contributed by atoms with van der Waals surface area (Å²) >= 11 is 4.27. The minimum atomic E-state index is -1.23. The van der Waals surface area contributed by atoms with Crippen molar-refractivity contribution in [2.75, 3.05) is 12.0 Å². The fraction of sp³-hybridized carbons (Fsp3) is 0.571. The summed E-state index contributed by atoms with van der Waals surface area (Å²) in [6.45, 7) is 1.48. The summed E-state index contributed by atoms with van der Waals surface area (Å²) in [5.41, 5.74) is 4.35. The quantitative estimate of drug-likeness (QED) is 0.772. The van der Waals surface area contributed by atoms with E-state index >= 15 is 0 Å². The van der Waals surface area contributed by atoms with Gasteiger partial charge in [-0.2, -0.15) is 0 Å². The number of carbonyl (C=O) groups is 1. The fourth-order valence-corrected chi connectivity index (χ4v) is 3.07. The highest BCUT2D eigenvalue weighted by Gasteiger charge is 2.28. The van der Waals surface area contributed by atoms with Gasteiger partial charge in [-0.25, -0.2) is 0 Å². The van der Waals surface area contributed by atoms with Crippen LogP contribution in [-0.2, 0) is 4.79 Å². The lowest BCUT2D eigenvalue weighted by molar-refractivity contribution is -0.141. The smallest absolute Gasteiger partial charge is 0.324 e. The second kappa shape index (κ2) is 5.15. The summed E-state index contributed by atoms with van der Waals surface area (Å²) in [7, 11) is 0. The molecule has 0 bridgehead atoms. The zero-order valence-corrected chi connectivity index (χ0v) is 10.7. The standard InChI is InChI=1S/C7H11N3O2S3/c1-7(8,4(11)12)3-14-6-10-9-5(13-2)15-6/h3,8H2,1-2H3,(H,11,12). The van der Waals surface area contributed by atoms with Crippen molar-refractivity contribution in [2.24, 2.45) is 5.73 Å². The van der Waals surface area contributed by atoms with Crippen LogP contribution in [0.1, 0.15) is 6.92 Å². The number of hydrogen-bond donors (Lipinski definition) is 2. The Morgan fingerprint density at radius 1 is 1.60 bits per heavy atom. The van der Waals surface area contributed by atoms with Crippen molar-refractivity contribution in [3.8, 4) is 0 Å². The van der Waals surface area contributed by atoms with E-state index in [2.05, 4.69) is 10.2 Å². The first-order chi connectivity index (χ1) is 6.95. The maximum Gasteiger partial charge on any atom is 0.324 e. The Hall–Kier alpha value is -0.310. The molecule has 0 fully saturated rings. The lowest BCUT2D eigenvalue weighted by Gasteiger charge is -2.16. The van der Waals surface area contributed by atoms with Gasteiger partial charge in [-0.3, -0.25) is 4.79 Å². The van der Waals surface area contributed by atoms with Gasteiger partial charge in [0.25, 0.3) is 0 Å². The molecule has 0 amide bonds. The number of nitrogens with zero attached hydrogens (tertiary/aromatic N) is 2. The maximum atomic E-state index is 10.7. The van der Waals surface area contributed by atoms with Crippen molar-refractivity contribution < 1.29 is 9.90 Å². The molecule has 8 heteroatoms. The van der Waals surface area contributed by atoms with Gasteiger partial charge in [-0.15, -0.1) is 10.2 Å². The molecule has 1 unspecified atom stereocenters. The molecule has 15 heavy (non-hydrogen) atoms. The normalized spacial score (nSPS) is 14.9. The predicted octanol–water partition coefficient (Wildman–Crippen LogP) is 1.15. The molecule has 0 saturated carbocycles. The molecule has 0 saturated heterocycles. The molecule has 1 aromatic heterocycles. The molecule has 0 aliphatic rings. The lowest BCUT2D eigenvalue weighted by Crippen LogP contribution is -2.47. The zero-order valence-electron chi connectivity index (χ0n) is 8.26. The molecule has 0 spiro atoms. The van der Waals surface area contributed by atoms with E-state index in [1.165, 1.54) is 41.8 Å². The van der Waals surface area contributed by atoms with Gasteiger partial charge in [0.05, 0.1) is 0 Å². The molecule has 0 aliphatic carbocycles. The highest BCUT2D eigenvalue weighted by Crippen LogP contribution is 2.28. The first-order valence-corrected chi connectivity index (χ1v) is 7.01. The van der Waals surface area contributed by atoms with Crippen LogP contribution in [0.25, 0.3) is 0 Å². The number of rotatable bonds is 5. The Balaban J connectivity index is 2.53. The van der Waals surface area contributed by atoms with E-state index in [4.69, 9.17) is 10.8 Å². The van der Waals surface area contributed by atoms with Crippen LogP contribution < -0.4 is 5.73 Å². The SMILES string of the molecule is CSc1nnc(SCC(C)(N)C(=O)O)s1. The number of nitrogens with two attached hydrogens (primary N) is 1. The Morgan fingerprint density at radius 2 is 2.20 bits per heavy atom. The molecule has 0 aliphatic heterocycles. The molecular weight excluding hydrogens is 254 g/mol. The second-order valence-corrected chi connectivity index (χ2v) is 6.30. The summed E-state index contributed by atoms with van der Waals surface area (Å²) in [6.07, 6.45) is 1.92. The van der Waals surface area contributed by atoms with Crippen LogP contribution in [-0.4, -0.2) is 38.8 Å². The number of carboxylic acid groups (broad SMARTS) is 1. The van der Waals surface area contributed by atoms with E-state index in [0.29, 0.717) is 0 Å². The van der Waals surface area contributed by atoms with Gasteiger partial charge < -0.3 is 10.8 Å². The Labute approximate surface area is 99.8 Å². The summed E-state index contributed by atoms with van der Waals surface area (Å²) in [5, 5.41) is 16.6. The number of thioether (sulfide) groups is 2. The van der Waals surface area contributed by atoms with Gasteiger partial charge >= 0.3 is 5.97 Å². The molecular formula is C7H11N3O2S3. The first kappa shape index (κ1) is 12.8. The molecule has 1 atom stereocenters. The lowest BCUT2D eigenvalue weighted by atomic mass is 10.1. The summed E-state index contributed by atoms with van der Waals surface area (Å²) in [5.74, 6) is -0.727. The Kier molecular flexibility index (Phi) is 4.38. The highest BCUT2D eigenvalue weighted by atomic mass is 32.2. The molecule has 3 N–H and O–H groups in total. The zero-order chi connectivity index (χ0) is 11.5. The summed E-state index contributed by atoms with van der Waals surface area (Å²) < 4.78 is 1.61. The average Bonchev–Trinajstić information content (AvgIpc) is 2.62. The number of aliphatic carboxylic acids is 1. The third-order valence-corrected chi connectivity index (χ3v) is 4.92. The van der Waals surface area contributed by atoms with E-state index < -0.39 is 11.5 Å². The van der Waals surface area contributed by atoms with Crippen LogP contribution in [0.4, 0.5) is 0 Å². The molecule has 1 rings (SSSR count). The second-order valence-electron chi connectivity index (χ2n) is 3.05. The monoisotopic (exact) mass is 265 g/mol. The Morgan fingerprint density at radius 3 is 2.67 bits per heavy atom. The van der Waals surface area contributed by atoms with Gasteiger partial charge in [0.1, 0.15) is 5.54 Å². The highest BCUT2D eigenvalue weighted by molar-refractivity contribution is 8.03. The van der Waals surface area contributed by atoms with Gasteiger partial charge in [0.15, 0.2) is 8.68 Å². The van der Waals surface area contributed by atoms with Crippen molar-refractivity contribution in [3.63, 3.8) is 0 Å². The molecule has 0 radical (unpaired) electrons. The first-order valence-electron chi connectivity index (χ1n) is 3.98. The minimum absolute atomic E-state index is 0.283. The minimum Gasteiger partial charge on any atom is -0.480 e. The number of aromatic nitrogens is 2.